The molecule has 1 aromatic heterocycles. The van der Waals surface area contributed by atoms with Crippen molar-refractivity contribution >= 4 is 16.9 Å². The molecule has 174 valence electrons. The second kappa shape index (κ2) is 9.75. The van der Waals surface area contributed by atoms with Gasteiger partial charge in [0.15, 0.2) is 0 Å². The number of aromatic nitrogens is 1. The number of hydrogen-bond acceptors (Lipinski definition) is 5. The third-order valence-corrected chi connectivity index (χ3v) is 7.37. The number of rotatable bonds is 8. The van der Waals surface area contributed by atoms with Crippen LogP contribution in [0.3, 0.4) is 0 Å². The van der Waals surface area contributed by atoms with Gasteiger partial charge in [0.1, 0.15) is 11.7 Å². The number of benzene rings is 1. The van der Waals surface area contributed by atoms with E-state index in [2.05, 4.69) is 23.6 Å². The van der Waals surface area contributed by atoms with Crippen molar-refractivity contribution in [3.05, 3.63) is 46.2 Å². The third kappa shape index (κ3) is 4.48. The number of fused-ring (bicyclic) bond motifs is 3. The van der Waals surface area contributed by atoms with Crippen LogP contribution in [0.1, 0.15) is 69.8 Å². The first-order valence-electron chi connectivity index (χ1n) is 12.3. The van der Waals surface area contributed by atoms with Crippen LogP contribution in [0, 0.1) is 0 Å². The number of carbonyl (C=O) groups excluding carboxylic acids is 1. The number of carbonyl (C=O) groups is 1. The summed E-state index contributed by atoms with van der Waals surface area (Å²) in [6, 6.07) is 10.3. The van der Waals surface area contributed by atoms with E-state index in [1.807, 2.05) is 38.1 Å². The first-order chi connectivity index (χ1) is 15.4. The number of hydrogen-bond donors (Lipinski definition) is 0. The van der Waals surface area contributed by atoms with Crippen LogP contribution in [0.5, 0.6) is 0 Å². The maximum Gasteiger partial charge on any atom is 0.344 e. The van der Waals surface area contributed by atoms with Gasteiger partial charge in [-0.15, -0.1) is 0 Å². The Morgan fingerprint density at radius 3 is 2.41 bits per heavy atom. The molecule has 0 radical (unpaired) electrons. The van der Waals surface area contributed by atoms with Gasteiger partial charge in [-0.3, -0.25) is 9.69 Å². The van der Waals surface area contributed by atoms with Gasteiger partial charge < -0.3 is 14.2 Å². The predicted octanol–water partition coefficient (Wildman–Crippen LogP) is 4.08. The van der Waals surface area contributed by atoms with E-state index in [-0.39, 0.29) is 23.3 Å². The maximum absolute atomic E-state index is 13.2. The summed E-state index contributed by atoms with van der Waals surface area (Å²) in [7, 11) is 0. The van der Waals surface area contributed by atoms with Crippen LogP contribution in [-0.2, 0) is 4.74 Å². The minimum Gasteiger partial charge on any atom is -0.459 e. The molecule has 2 fully saturated rings. The predicted molar refractivity (Wildman–Crippen MR) is 128 cm³/mol. The molecule has 32 heavy (non-hydrogen) atoms. The lowest BCUT2D eigenvalue weighted by Crippen LogP contribution is -2.48. The van der Waals surface area contributed by atoms with Gasteiger partial charge >= 0.3 is 5.97 Å². The Morgan fingerprint density at radius 1 is 1.12 bits per heavy atom. The van der Waals surface area contributed by atoms with Gasteiger partial charge in [-0.05, 0) is 57.3 Å². The van der Waals surface area contributed by atoms with E-state index in [0.29, 0.717) is 12.1 Å². The second-order valence-corrected chi connectivity index (χ2v) is 9.53. The fourth-order valence-corrected chi connectivity index (χ4v) is 5.64. The van der Waals surface area contributed by atoms with Gasteiger partial charge in [0, 0.05) is 44.1 Å². The Kier molecular flexibility index (Phi) is 7.01. The summed E-state index contributed by atoms with van der Waals surface area (Å²) < 4.78 is 7.65. The monoisotopic (exact) mass is 439 g/mol. The van der Waals surface area contributed by atoms with Crippen LogP contribution in [-0.4, -0.2) is 64.7 Å². The quantitative estimate of drug-likeness (QED) is 0.580. The summed E-state index contributed by atoms with van der Waals surface area (Å²) in [5.41, 5.74) is 0.737. The van der Waals surface area contributed by atoms with E-state index in [9.17, 15) is 9.59 Å². The molecule has 0 saturated carbocycles. The minimum atomic E-state index is -0.476. The lowest BCUT2D eigenvalue weighted by Gasteiger charge is -2.39. The molecule has 2 aromatic rings. The molecular weight excluding hydrogens is 402 g/mol. The molecule has 6 heteroatoms. The van der Waals surface area contributed by atoms with Crippen molar-refractivity contribution in [3.8, 4) is 0 Å². The van der Waals surface area contributed by atoms with Crippen molar-refractivity contribution in [3.63, 3.8) is 0 Å². The first kappa shape index (κ1) is 23.0. The lowest BCUT2D eigenvalue weighted by atomic mass is 9.99. The van der Waals surface area contributed by atoms with Gasteiger partial charge in [0.05, 0.1) is 5.52 Å². The number of nitrogens with zero attached hydrogens (tertiary/aromatic N) is 3. The van der Waals surface area contributed by atoms with E-state index in [1.165, 1.54) is 12.8 Å². The summed E-state index contributed by atoms with van der Waals surface area (Å²) in [6.45, 7) is 12.7. The van der Waals surface area contributed by atoms with E-state index >= 15 is 0 Å². The van der Waals surface area contributed by atoms with Gasteiger partial charge in [0.2, 0.25) is 0 Å². The number of piperidine rings is 1. The molecular formula is C26H37N3O3. The van der Waals surface area contributed by atoms with Crippen LogP contribution in [0.25, 0.3) is 10.9 Å². The van der Waals surface area contributed by atoms with Crippen molar-refractivity contribution in [2.75, 3.05) is 26.2 Å². The second-order valence-electron chi connectivity index (χ2n) is 9.53. The summed E-state index contributed by atoms with van der Waals surface area (Å²) in [6.07, 6.45) is 3.97. The van der Waals surface area contributed by atoms with Crippen molar-refractivity contribution < 1.29 is 9.53 Å². The molecule has 1 unspecified atom stereocenters. The standard InChI is InChI=1S/C26H37N3O3/c1-5-27(6-2)13-14-28-20-11-12-21(28)17-22(16-20)32-26(31)23-15-19-9-7-8-10-24(19)29(18(3)4)25(23)30/h7-10,15,18,20-22H,5-6,11-14,16-17H2,1-4H3/t20-,21+,22?. The molecule has 0 amide bonds. The average molecular weight is 440 g/mol. The SMILES string of the molecule is CCN(CC)CCN1[C@@H]2CC[C@H]1CC(OC(=O)c1cc3ccccc3n(C(C)C)c1=O)C2. The number of pyridine rings is 1. The third-order valence-electron chi connectivity index (χ3n) is 7.37. The summed E-state index contributed by atoms with van der Waals surface area (Å²) in [4.78, 5) is 31.4. The molecule has 4 rings (SSSR count). The molecule has 6 nitrogen and oxygen atoms in total. The Labute approximate surface area is 191 Å². The Bertz CT molecular complexity index is 997. The smallest absolute Gasteiger partial charge is 0.344 e. The Hall–Kier alpha value is -2.18. The van der Waals surface area contributed by atoms with Crippen molar-refractivity contribution in [1.29, 1.82) is 0 Å². The normalized spacial score (nSPS) is 23.4. The highest BCUT2D eigenvalue weighted by Crippen LogP contribution is 2.37. The summed E-state index contributed by atoms with van der Waals surface area (Å²) in [5, 5.41) is 0.888. The topological polar surface area (TPSA) is 54.8 Å². The molecule has 0 aliphatic carbocycles. The minimum absolute atomic E-state index is 0.0370. The highest BCUT2D eigenvalue weighted by Gasteiger charge is 2.42. The van der Waals surface area contributed by atoms with Crippen molar-refractivity contribution in [2.24, 2.45) is 0 Å². The maximum atomic E-state index is 13.2. The molecule has 3 atom stereocenters. The molecule has 2 aliphatic rings. The fraction of sp³-hybridized carbons (Fsp3) is 0.615. The van der Waals surface area contributed by atoms with Crippen LogP contribution >= 0.6 is 0 Å². The molecule has 1 aromatic carbocycles. The zero-order valence-corrected chi connectivity index (χ0v) is 19.9. The molecule has 0 N–H and O–H groups in total. The zero-order chi connectivity index (χ0) is 22.8. The Morgan fingerprint density at radius 2 is 1.78 bits per heavy atom. The van der Waals surface area contributed by atoms with E-state index in [1.54, 1.807) is 10.6 Å². The fourth-order valence-electron chi connectivity index (χ4n) is 5.64. The number of likely N-dealkylation sites (N-methyl/N-ethyl adjacent to an activating group) is 1. The molecule has 0 spiro atoms. The van der Waals surface area contributed by atoms with Crippen LogP contribution < -0.4 is 5.56 Å². The van der Waals surface area contributed by atoms with Gasteiger partial charge in [0.25, 0.3) is 5.56 Å². The van der Waals surface area contributed by atoms with Gasteiger partial charge in [-0.1, -0.05) is 32.0 Å². The highest BCUT2D eigenvalue weighted by atomic mass is 16.5. The lowest BCUT2D eigenvalue weighted by molar-refractivity contribution is -0.00778. The van der Waals surface area contributed by atoms with Gasteiger partial charge in [-0.2, -0.15) is 0 Å². The molecule has 2 aliphatic heterocycles. The first-order valence-corrected chi connectivity index (χ1v) is 12.3. The largest absolute Gasteiger partial charge is 0.459 e. The van der Waals surface area contributed by atoms with Gasteiger partial charge in [-0.25, -0.2) is 4.79 Å². The number of para-hydroxylation sites is 1. The number of esters is 1. The van der Waals surface area contributed by atoms with Crippen molar-refractivity contribution in [1.82, 2.24) is 14.4 Å². The molecule has 3 heterocycles. The van der Waals surface area contributed by atoms with E-state index in [4.69, 9.17) is 4.74 Å². The van der Waals surface area contributed by atoms with Crippen LogP contribution in [0.15, 0.2) is 35.1 Å². The summed E-state index contributed by atoms with van der Waals surface area (Å²) in [5.74, 6) is -0.476. The average Bonchev–Trinajstić information content (AvgIpc) is 3.01. The highest BCUT2D eigenvalue weighted by molar-refractivity contribution is 5.94. The van der Waals surface area contributed by atoms with Crippen LogP contribution in [0.4, 0.5) is 0 Å². The van der Waals surface area contributed by atoms with E-state index < -0.39 is 5.97 Å². The zero-order valence-electron chi connectivity index (χ0n) is 19.9. The van der Waals surface area contributed by atoms with E-state index in [0.717, 1.165) is 49.9 Å². The van der Waals surface area contributed by atoms with Crippen LogP contribution in [0.2, 0.25) is 0 Å². The molecule has 2 saturated heterocycles. The summed E-state index contributed by atoms with van der Waals surface area (Å²) >= 11 is 0. The number of ether oxygens (including phenoxy) is 1. The molecule has 2 bridgehead atoms. The van der Waals surface area contributed by atoms with Crippen molar-refractivity contribution in [2.45, 2.75) is 77.6 Å². The Balaban J connectivity index is 1.47.